The number of ether oxygens (including phenoxy) is 1. The minimum absolute atomic E-state index is 0.0835. The number of hydrogen-bond acceptors (Lipinski definition) is 3. The van der Waals surface area contributed by atoms with Gasteiger partial charge in [0.2, 0.25) is 0 Å². The van der Waals surface area contributed by atoms with Gasteiger partial charge in [0, 0.05) is 4.47 Å². The number of carbonyl (C=O) groups is 1. The van der Waals surface area contributed by atoms with Gasteiger partial charge in [0.05, 0.1) is 12.2 Å². The number of esters is 1. The summed E-state index contributed by atoms with van der Waals surface area (Å²) in [5, 5.41) is 8.60. The van der Waals surface area contributed by atoms with Crippen molar-refractivity contribution in [1.29, 1.82) is 5.26 Å². The highest BCUT2D eigenvalue weighted by Gasteiger charge is 2.13. The third kappa shape index (κ3) is 2.54. The van der Waals surface area contributed by atoms with Crippen LogP contribution < -0.4 is 0 Å². The second kappa shape index (κ2) is 4.89. The van der Waals surface area contributed by atoms with Gasteiger partial charge in [-0.1, -0.05) is 0 Å². The molecule has 0 aliphatic rings. The van der Waals surface area contributed by atoms with Crippen LogP contribution in [0.25, 0.3) is 0 Å². The predicted octanol–water partition coefficient (Wildman–Crippen LogP) is 2.64. The fourth-order valence-electron chi connectivity index (χ4n) is 1.01. The van der Waals surface area contributed by atoms with Gasteiger partial charge in [-0.2, -0.15) is 5.26 Å². The number of nitriles is 1. The van der Waals surface area contributed by atoms with Crippen molar-refractivity contribution in [2.45, 2.75) is 6.92 Å². The van der Waals surface area contributed by atoms with Crippen molar-refractivity contribution in [2.75, 3.05) is 6.61 Å². The van der Waals surface area contributed by atoms with Crippen molar-refractivity contribution in [3.8, 4) is 6.07 Å². The fraction of sp³-hybridized carbons (Fsp3) is 0.200. The molecule has 0 amide bonds. The minimum Gasteiger partial charge on any atom is -0.462 e. The van der Waals surface area contributed by atoms with Crippen LogP contribution in [0.3, 0.4) is 0 Å². The highest BCUT2D eigenvalue weighted by Crippen LogP contribution is 2.21. The van der Waals surface area contributed by atoms with Crippen LogP contribution >= 0.6 is 15.9 Å². The van der Waals surface area contributed by atoms with E-state index in [0.717, 1.165) is 6.07 Å². The number of benzene rings is 1. The molecule has 1 rings (SSSR count). The lowest BCUT2D eigenvalue weighted by Gasteiger charge is -2.03. The van der Waals surface area contributed by atoms with Gasteiger partial charge >= 0.3 is 5.97 Å². The van der Waals surface area contributed by atoms with Crippen molar-refractivity contribution >= 4 is 21.9 Å². The van der Waals surface area contributed by atoms with E-state index in [1.54, 1.807) is 13.0 Å². The molecule has 0 fully saturated rings. The zero-order valence-corrected chi connectivity index (χ0v) is 9.47. The van der Waals surface area contributed by atoms with Crippen LogP contribution in [0.4, 0.5) is 4.39 Å². The molecule has 78 valence electrons. The van der Waals surface area contributed by atoms with Gasteiger partial charge in [0.1, 0.15) is 17.4 Å². The lowest BCUT2D eigenvalue weighted by molar-refractivity contribution is 0.0525. The van der Waals surface area contributed by atoms with E-state index in [1.807, 2.05) is 0 Å². The molecule has 0 heterocycles. The maximum absolute atomic E-state index is 13.3. The number of carbonyl (C=O) groups excluding carboxylic acids is 1. The summed E-state index contributed by atoms with van der Waals surface area (Å²) in [6, 6.07) is 4.04. The summed E-state index contributed by atoms with van der Waals surface area (Å²) in [5.74, 6) is -1.35. The van der Waals surface area contributed by atoms with E-state index in [1.165, 1.54) is 6.07 Å². The van der Waals surface area contributed by atoms with Crippen LogP contribution in [0, 0.1) is 17.1 Å². The van der Waals surface area contributed by atoms with E-state index < -0.39 is 11.8 Å². The van der Waals surface area contributed by atoms with E-state index in [-0.39, 0.29) is 22.2 Å². The van der Waals surface area contributed by atoms with Crippen molar-refractivity contribution in [3.63, 3.8) is 0 Å². The highest BCUT2D eigenvalue weighted by atomic mass is 79.9. The Morgan fingerprint density at radius 3 is 2.80 bits per heavy atom. The second-order valence-electron chi connectivity index (χ2n) is 2.65. The Hall–Kier alpha value is -1.41. The average Bonchev–Trinajstić information content (AvgIpc) is 2.17. The summed E-state index contributed by atoms with van der Waals surface area (Å²) >= 11 is 3.01. The monoisotopic (exact) mass is 271 g/mol. The molecule has 0 bridgehead atoms. The van der Waals surface area contributed by atoms with E-state index in [0.29, 0.717) is 0 Å². The molecule has 0 aliphatic heterocycles. The Balaban J connectivity index is 3.15. The van der Waals surface area contributed by atoms with Gasteiger partial charge in [-0.3, -0.25) is 0 Å². The number of nitrogens with zero attached hydrogens (tertiary/aromatic N) is 1. The molecule has 0 atom stereocenters. The van der Waals surface area contributed by atoms with E-state index in [9.17, 15) is 9.18 Å². The number of halogens is 2. The lowest BCUT2D eigenvalue weighted by atomic mass is 10.1. The van der Waals surface area contributed by atoms with Gasteiger partial charge in [0.25, 0.3) is 0 Å². The maximum atomic E-state index is 13.3. The average molecular weight is 272 g/mol. The quantitative estimate of drug-likeness (QED) is 0.777. The Morgan fingerprint density at radius 2 is 2.33 bits per heavy atom. The first kappa shape index (κ1) is 11.7. The Bertz CT molecular complexity index is 417. The summed E-state index contributed by atoms with van der Waals surface area (Å²) in [6.07, 6.45) is 0. The zero-order chi connectivity index (χ0) is 11.4. The molecule has 0 radical (unpaired) electrons. The minimum atomic E-state index is -0.741. The van der Waals surface area contributed by atoms with Gasteiger partial charge in [-0.25, -0.2) is 9.18 Å². The Morgan fingerprint density at radius 1 is 1.67 bits per heavy atom. The third-order valence-corrected chi connectivity index (χ3v) is 2.29. The summed E-state index contributed by atoms with van der Waals surface area (Å²) in [4.78, 5) is 11.3. The predicted molar refractivity (Wildman–Crippen MR) is 54.8 cm³/mol. The van der Waals surface area contributed by atoms with Gasteiger partial charge in [-0.05, 0) is 35.0 Å². The molecular formula is C10H7BrFNO2. The van der Waals surface area contributed by atoms with Gasteiger partial charge in [0.15, 0.2) is 0 Å². The topological polar surface area (TPSA) is 50.1 Å². The van der Waals surface area contributed by atoms with Crippen molar-refractivity contribution < 1.29 is 13.9 Å². The molecule has 15 heavy (non-hydrogen) atoms. The molecule has 0 spiro atoms. The summed E-state index contributed by atoms with van der Waals surface area (Å²) in [7, 11) is 0. The van der Waals surface area contributed by atoms with Crippen molar-refractivity contribution in [2.24, 2.45) is 0 Å². The van der Waals surface area contributed by atoms with Crippen LogP contribution in [0.2, 0.25) is 0 Å². The first-order valence-corrected chi connectivity index (χ1v) is 4.95. The first-order chi connectivity index (χ1) is 7.10. The Labute approximate surface area is 94.6 Å². The molecule has 1 aromatic carbocycles. The summed E-state index contributed by atoms with van der Waals surface area (Å²) in [5.41, 5.74) is -0.0386. The van der Waals surface area contributed by atoms with Crippen LogP contribution in [0.15, 0.2) is 16.6 Å². The van der Waals surface area contributed by atoms with E-state index in [4.69, 9.17) is 10.00 Å². The van der Waals surface area contributed by atoms with Crippen LogP contribution in [-0.4, -0.2) is 12.6 Å². The van der Waals surface area contributed by atoms with Crippen molar-refractivity contribution in [1.82, 2.24) is 0 Å². The van der Waals surface area contributed by atoms with Crippen molar-refractivity contribution in [3.05, 3.63) is 33.5 Å². The van der Waals surface area contributed by atoms with Crippen LogP contribution in [-0.2, 0) is 4.74 Å². The third-order valence-electron chi connectivity index (χ3n) is 1.67. The van der Waals surface area contributed by atoms with Gasteiger partial charge in [-0.15, -0.1) is 0 Å². The second-order valence-corrected chi connectivity index (χ2v) is 3.50. The lowest BCUT2D eigenvalue weighted by Crippen LogP contribution is -2.05. The molecular weight excluding hydrogens is 265 g/mol. The first-order valence-electron chi connectivity index (χ1n) is 4.16. The summed E-state index contributed by atoms with van der Waals surface area (Å²) < 4.78 is 18.2. The van der Waals surface area contributed by atoms with Crippen LogP contribution in [0.5, 0.6) is 0 Å². The SMILES string of the molecule is CCOC(=O)c1cc(F)c(C#N)c(Br)c1. The molecule has 5 heteroatoms. The normalized spacial score (nSPS) is 9.47. The van der Waals surface area contributed by atoms with E-state index >= 15 is 0 Å². The molecule has 0 saturated heterocycles. The molecule has 0 aromatic heterocycles. The number of rotatable bonds is 2. The maximum Gasteiger partial charge on any atom is 0.338 e. The van der Waals surface area contributed by atoms with E-state index in [2.05, 4.69) is 15.9 Å². The number of hydrogen-bond donors (Lipinski definition) is 0. The Kier molecular flexibility index (Phi) is 3.81. The van der Waals surface area contributed by atoms with Gasteiger partial charge < -0.3 is 4.74 Å². The molecule has 0 unspecified atom stereocenters. The smallest absolute Gasteiger partial charge is 0.338 e. The zero-order valence-electron chi connectivity index (χ0n) is 7.88. The largest absolute Gasteiger partial charge is 0.462 e. The highest BCUT2D eigenvalue weighted by molar-refractivity contribution is 9.10. The molecule has 0 N–H and O–H groups in total. The molecule has 0 aliphatic carbocycles. The summed E-state index contributed by atoms with van der Waals surface area (Å²) in [6.45, 7) is 1.88. The molecule has 0 saturated carbocycles. The molecule has 1 aromatic rings. The standard InChI is InChI=1S/C10H7BrFNO2/c1-2-15-10(14)6-3-8(11)7(5-13)9(12)4-6/h3-4H,2H2,1H3. The molecule has 3 nitrogen and oxygen atoms in total. The fourth-order valence-corrected chi connectivity index (χ4v) is 1.54. The van der Waals surface area contributed by atoms with Crippen LogP contribution in [0.1, 0.15) is 22.8 Å².